The summed E-state index contributed by atoms with van der Waals surface area (Å²) in [5.41, 5.74) is 6.43. The Morgan fingerprint density at radius 1 is 0.838 bits per heavy atom. The van der Waals surface area contributed by atoms with Crippen molar-refractivity contribution in [2.75, 3.05) is 6.61 Å². The first-order chi connectivity index (χ1) is 17.5. The Hall–Kier alpha value is -3.42. The number of esters is 1. The number of amides is 3. The lowest BCUT2D eigenvalue weighted by molar-refractivity contribution is -0.147. The Bertz CT molecular complexity index is 1080. The van der Waals surface area contributed by atoms with E-state index in [2.05, 4.69) is 10.6 Å². The summed E-state index contributed by atoms with van der Waals surface area (Å²) in [5, 5.41) is 7.59. The number of hydrogen-bond acceptors (Lipinski definition) is 5. The van der Waals surface area contributed by atoms with Gasteiger partial charge in [-0.1, -0.05) is 70.2 Å². The molecule has 2 aromatic carbocycles. The van der Waals surface area contributed by atoms with Gasteiger partial charge in [0.2, 0.25) is 17.7 Å². The molecule has 0 aliphatic heterocycles. The molecule has 8 nitrogen and oxygen atoms in total. The molecule has 8 heteroatoms. The minimum atomic E-state index is -0.968. The van der Waals surface area contributed by atoms with Crippen LogP contribution >= 0.6 is 0 Å². The number of hydrogen-bond donors (Lipinski definition) is 3. The Morgan fingerprint density at radius 2 is 1.46 bits per heavy atom. The van der Waals surface area contributed by atoms with Crippen LogP contribution in [0.3, 0.4) is 0 Å². The van der Waals surface area contributed by atoms with Gasteiger partial charge in [0.15, 0.2) is 0 Å². The lowest BCUT2D eigenvalue weighted by atomic mass is 9.92. The van der Waals surface area contributed by atoms with Gasteiger partial charge in [-0.2, -0.15) is 0 Å². The van der Waals surface area contributed by atoms with E-state index >= 15 is 0 Å². The Morgan fingerprint density at radius 3 is 2.08 bits per heavy atom. The average molecular weight is 512 g/mol. The summed E-state index contributed by atoms with van der Waals surface area (Å²) in [4.78, 5) is 51.1. The lowest BCUT2D eigenvalue weighted by Crippen LogP contribution is -2.55. The van der Waals surface area contributed by atoms with E-state index in [9.17, 15) is 19.2 Å². The number of carbonyl (C=O) groups is 4. The van der Waals surface area contributed by atoms with Crippen LogP contribution in [0.4, 0.5) is 0 Å². The average Bonchev–Trinajstić information content (AvgIpc) is 2.82. The van der Waals surface area contributed by atoms with Crippen LogP contribution in [0, 0.1) is 17.8 Å². The van der Waals surface area contributed by atoms with Crippen molar-refractivity contribution in [3.8, 4) is 0 Å². The number of benzene rings is 2. The van der Waals surface area contributed by atoms with Crippen molar-refractivity contribution in [2.24, 2.45) is 23.5 Å². The molecule has 0 radical (unpaired) electrons. The topological polar surface area (TPSA) is 128 Å². The number of primary amides is 1. The van der Waals surface area contributed by atoms with Gasteiger partial charge < -0.3 is 21.1 Å². The van der Waals surface area contributed by atoms with Crippen LogP contribution in [0.1, 0.15) is 59.4 Å². The second-order valence-corrected chi connectivity index (χ2v) is 10.3. The molecular formula is C29H41N3O5. The fourth-order valence-electron chi connectivity index (χ4n) is 4.45. The largest absolute Gasteiger partial charge is 0.466 e. The van der Waals surface area contributed by atoms with Crippen LogP contribution < -0.4 is 16.4 Å². The van der Waals surface area contributed by atoms with Crippen molar-refractivity contribution in [1.82, 2.24) is 10.6 Å². The fraction of sp³-hybridized carbons (Fsp3) is 0.517. The van der Waals surface area contributed by atoms with Gasteiger partial charge in [-0.25, -0.2) is 0 Å². The van der Waals surface area contributed by atoms with E-state index in [1.165, 1.54) is 0 Å². The van der Waals surface area contributed by atoms with E-state index in [0.717, 1.165) is 16.3 Å². The fourth-order valence-corrected chi connectivity index (χ4v) is 4.45. The van der Waals surface area contributed by atoms with Crippen LogP contribution in [0.5, 0.6) is 0 Å². The summed E-state index contributed by atoms with van der Waals surface area (Å²) in [5.74, 6) is -2.35. The number of carbonyl (C=O) groups excluding carboxylic acids is 4. The van der Waals surface area contributed by atoms with Gasteiger partial charge in [0.25, 0.3) is 0 Å². The third kappa shape index (κ3) is 9.52. The monoisotopic (exact) mass is 511 g/mol. The molecule has 3 amide bonds. The molecule has 4 N–H and O–H groups in total. The van der Waals surface area contributed by atoms with Crippen LogP contribution in [0.2, 0.25) is 0 Å². The van der Waals surface area contributed by atoms with Gasteiger partial charge in [-0.05, 0) is 47.9 Å². The Balaban J connectivity index is 2.36. The molecule has 0 saturated heterocycles. The molecule has 0 fully saturated rings. The van der Waals surface area contributed by atoms with E-state index in [-0.39, 0.29) is 31.3 Å². The van der Waals surface area contributed by atoms with E-state index in [0.29, 0.717) is 12.8 Å². The summed E-state index contributed by atoms with van der Waals surface area (Å²) in [6.07, 6.45) is 0.983. The SMILES string of the molecule is CCOC(=O)CC(CC(C)C)C(=O)N[C@@H](Cc1cccc2ccccc12)C(=O)N[C@@H](CC(C)C)C(N)=O. The highest BCUT2D eigenvalue weighted by molar-refractivity contribution is 5.94. The lowest BCUT2D eigenvalue weighted by Gasteiger charge is -2.25. The van der Waals surface area contributed by atoms with Gasteiger partial charge in [0.05, 0.1) is 13.0 Å². The van der Waals surface area contributed by atoms with Gasteiger partial charge in [-0.3, -0.25) is 19.2 Å². The molecule has 0 saturated carbocycles. The predicted molar refractivity (Wildman–Crippen MR) is 144 cm³/mol. The van der Waals surface area contributed by atoms with Crippen molar-refractivity contribution in [1.29, 1.82) is 0 Å². The van der Waals surface area contributed by atoms with Crippen molar-refractivity contribution >= 4 is 34.5 Å². The van der Waals surface area contributed by atoms with E-state index in [1.807, 2.05) is 70.2 Å². The van der Waals surface area contributed by atoms with E-state index < -0.39 is 41.7 Å². The van der Waals surface area contributed by atoms with E-state index in [4.69, 9.17) is 10.5 Å². The first-order valence-electron chi connectivity index (χ1n) is 13.0. The zero-order chi connectivity index (χ0) is 27.5. The van der Waals surface area contributed by atoms with Crippen LogP contribution in [-0.4, -0.2) is 42.4 Å². The van der Waals surface area contributed by atoms with Crippen molar-refractivity contribution < 1.29 is 23.9 Å². The molecule has 37 heavy (non-hydrogen) atoms. The van der Waals surface area contributed by atoms with Gasteiger partial charge in [0, 0.05) is 12.3 Å². The van der Waals surface area contributed by atoms with Crippen molar-refractivity contribution in [3.05, 3.63) is 48.0 Å². The van der Waals surface area contributed by atoms with Gasteiger partial charge >= 0.3 is 5.97 Å². The molecule has 0 heterocycles. The number of nitrogens with one attached hydrogen (secondary N) is 2. The molecule has 0 bridgehead atoms. The number of nitrogens with two attached hydrogens (primary N) is 1. The van der Waals surface area contributed by atoms with Crippen molar-refractivity contribution in [2.45, 2.75) is 72.4 Å². The normalized spacial score (nSPS) is 13.7. The number of fused-ring (bicyclic) bond motifs is 1. The van der Waals surface area contributed by atoms with E-state index in [1.54, 1.807) is 6.92 Å². The molecule has 1 unspecified atom stereocenters. The molecule has 2 rings (SSSR count). The maximum Gasteiger partial charge on any atom is 0.306 e. The second-order valence-electron chi connectivity index (χ2n) is 10.3. The zero-order valence-electron chi connectivity index (χ0n) is 22.6. The summed E-state index contributed by atoms with van der Waals surface area (Å²) in [6, 6.07) is 11.8. The Labute approximate surface area is 219 Å². The number of rotatable bonds is 14. The number of ether oxygens (including phenoxy) is 1. The molecule has 0 aromatic heterocycles. The van der Waals surface area contributed by atoms with Gasteiger partial charge in [0.1, 0.15) is 12.1 Å². The molecule has 3 atom stereocenters. The van der Waals surface area contributed by atoms with Crippen LogP contribution in [0.25, 0.3) is 10.8 Å². The highest BCUT2D eigenvalue weighted by Gasteiger charge is 2.30. The smallest absolute Gasteiger partial charge is 0.306 e. The molecule has 2 aromatic rings. The third-order valence-electron chi connectivity index (χ3n) is 6.15. The minimum absolute atomic E-state index is 0.0717. The first-order valence-corrected chi connectivity index (χ1v) is 13.0. The summed E-state index contributed by atoms with van der Waals surface area (Å²) in [7, 11) is 0. The molecule has 0 aliphatic rings. The molecule has 0 spiro atoms. The molecule has 202 valence electrons. The first kappa shape index (κ1) is 29.8. The molecule has 0 aliphatic carbocycles. The maximum atomic E-state index is 13.5. The zero-order valence-corrected chi connectivity index (χ0v) is 22.6. The van der Waals surface area contributed by atoms with Crippen molar-refractivity contribution in [3.63, 3.8) is 0 Å². The highest BCUT2D eigenvalue weighted by atomic mass is 16.5. The summed E-state index contributed by atoms with van der Waals surface area (Å²) in [6.45, 7) is 9.74. The highest BCUT2D eigenvalue weighted by Crippen LogP contribution is 2.21. The van der Waals surface area contributed by atoms with Crippen LogP contribution in [0.15, 0.2) is 42.5 Å². The van der Waals surface area contributed by atoms with Crippen LogP contribution in [-0.2, 0) is 30.3 Å². The summed E-state index contributed by atoms with van der Waals surface area (Å²) >= 11 is 0. The maximum absolute atomic E-state index is 13.5. The van der Waals surface area contributed by atoms with Gasteiger partial charge in [-0.15, -0.1) is 0 Å². The summed E-state index contributed by atoms with van der Waals surface area (Å²) < 4.78 is 5.07. The minimum Gasteiger partial charge on any atom is -0.466 e. The standard InChI is InChI=1S/C29H41N3O5/c1-6-37-26(33)17-22(14-18(2)3)28(35)32-25(29(36)31-24(27(30)34)15-19(4)5)16-21-12-9-11-20-10-7-8-13-23(20)21/h7-13,18-19,22,24-25H,6,14-17H2,1-5H3,(H2,30,34)(H,31,36)(H,32,35)/t22?,24-,25-/m0/s1. The predicted octanol–water partition coefficient (Wildman–Crippen LogP) is 3.50. The Kier molecular flexibility index (Phi) is 11.6. The quantitative estimate of drug-likeness (QED) is 0.335. The second kappa shape index (κ2) is 14.4. The third-order valence-corrected chi connectivity index (χ3v) is 6.15. The molecular weight excluding hydrogens is 470 g/mol.